The summed E-state index contributed by atoms with van der Waals surface area (Å²) in [5.41, 5.74) is -0.179. The summed E-state index contributed by atoms with van der Waals surface area (Å²) in [5, 5.41) is 3.38. The van der Waals surface area contributed by atoms with Gasteiger partial charge in [-0.2, -0.15) is 0 Å². The fourth-order valence-electron chi connectivity index (χ4n) is 3.91. The number of carbonyl (C=O) groups excluding carboxylic acids is 1. The van der Waals surface area contributed by atoms with Crippen LogP contribution in [0.3, 0.4) is 0 Å². The van der Waals surface area contributed by atoms with Crippen molar-refractivity contribution in [2.45, 2.75) is 37.3 Å². The summed E-state index contributed by atoms with van der Waals surface area (Å²) in [6.07, 6.45) is 12.9. The lowest BCUT2D eigenvalue weighted by Gasteiger charge is -2.25. The summed E-state index contributed by atoms with van der Waals surface area (Å²) in [4.78, 5) is 22.9. The minimum Gasteiger partial charge on any atom is -0.371 e. The number of nitrogens with one attached hydrogen (secondary N) is 1. The topological polar surface area (TPSA) is 67.4 Å². The van der Waals surface area contributed by atoms with Crippen LogP contribution in [0.4, 0.5) is 5.82 Å². The number of hydrogen-bond acceptors (Lipinski definition) is 5. The maximum absolute atomic E-state index is 12.6. The van der Waals surface area contributed by atoms with Gasteiger partial charge in [0.25, 0.3) is 0 Å². The molecule has 0 saturated carbocycles. The number of anilines is 1. The Morgan fingerprint density at radius 1 is 1.35 bits per heavy atom. The number of nitrogens with zero attached hydrogens (tertiary/aromatic N) is 3. The first-order valence-corrected chi connectivity index (χ1v) is 8.34. The fraction of sp³-hybridized carbons (Fsp3) is 0.588. The van der Waals surface area contributed by atoms with E-state index in [0.717, 1.165) is 44.6 Å². The van der Waals surface area contributed by atoms with Gasteiger partial charge in [0.2, 0.25) is 5.91 Å². The lowest BCUT2D eigenvalue weighted by Crippen LogP contribution is -2.38. The van der Waals surface area contributed by atoms with Crippen molar-refractivity contribution >= 4 is 11.7 Å². The van der Waals surface area contributed by atoms with Gasteiger partial charge in [-0.05, 0) is 19.3 Å². The van der Waals surface area contributed by atoms with Crippen molar-refractivity contribution in [2.24, 2.45) is 5.92 Å². The second-order valence-electron chi connectivity index (χ2n) is 6.78. The molecule has 2 unspecified atom stereocenters. The molecule has 4 rings (SSSR count). The molecule has 122 valence electrons. The van der Waals surface area contributed by atoms with E-state index in [1.165, 1.54) is 0 Å². The van der Waals surface area contributed by atoms with Gasteiger partial charge in [-0.1, -0.05) is 12.2 Å². The van der Waals surface area contributed by atoms with Crippen LogP contribution in [0, 0.1) is 5.92 Å². The maximum Gasteiger partial charge on any atom is 0.226 e. The average Bonchev–Trinajstić information content (AvgIpc) is 3.31. The largest absolute Gasteiger partial charge is 0.371 e. The number of allylic oxidation sites excluding steroid dienone is 2. The zero-order valence-electron chi connectivity index (χ0n) is 13.1. The van der Waals surface area contributed by atoms with Crippen molar-refractivity contribution in [1.29, 1.82) is 0 Å². The van der Waals surface area contributed by atoms with Crippen molar-refractivity contribution in [3.63, 3.8) is 0 Å². The summed E-state index contributed by atoms with van der Waals surface area (Å²) < 4.78 is 6.11. The zero-order chi connectivity index (χ0) is 15.7. The van der Waals surface area contributed by atoms with Crippen molar-refractivity contribution in [1.82, 2.24) is 14.9 Å². The van der Waals surface area contributed by atoms with E-state index in [4.69, 9.17) is 4.74 Å². The molecule has 2 fully saturated rings. The Morgan fingerprint density at radius 3 is 3.00 bits per heavy atom. The van der Waals surface area contributed by atoms with Crippen LogP contribution in [0.1, 0.15) is 25.7 Å². The molecule has 0 bridgehead atoms. The van der Waals surface area contributed by atoms with Crippen LogP contribution in [-0.2, 0) is 9.53 Å². The van der Waals surface area contributed by atoms with E-state index in [-0.39, 0.29) is 17.6 Å². The zero-order valence-corrected chi connectivity index (χ0v) is 13.1. The lowest BCUT2D eigenvalue weighted by molar-refractivity contribution is -0.135. The highest BCUT2D eigenvalue weighted by Crippen LogP contribution is 2.37. The molecule has 3 aliphatic rings. The van der Waals surface area contributed by atoms with Crippen LogP contribution in [0.5, 0.6) is 0 Å². The Hall–Kier alpha value is -1.95. The third-order valence-corrected chi connectivity index (χ3v) is 5.11. The van der Waals surface area contributed by atoms with Gasteiger partial charge in [0, 0.05) is 37.8 Å². The third-order valence-electron chi connectivity index (χ3n) is 5.11. The molecule has 6 nitrogen and oxygen atoms in total. The normalized spacial score (nSPS) is 30.4. The first kappa shape index (κ1) is 14.6. The molecule has 23 heavy (non-hydrogen) atoms. The SMILES string of the molecule is O=C(C1CC=CC1)N1CCC2(CC(Nc3cnccn3)CO2)C1. The number of likely N-dealkylation sites (tertiary alicyclic amines) is 1. The number of carbonyl (C=O) groups is 1. The van der Waals surface area contributed by atoms with Crippen molar-refractivity contribution in [2.75, 3.05) is 25.0 Å². The van der Waals surface area contributed by atoms with Crippen molar-refractivity contribution in [3.8, 4) is 0 Å². The number of ether oxygens (including phenoxy) is 1. The molecule has 0 aromatic carbocycles. The predicted molar refractivity (Wildman–Crippen MR) is 85.8 cm³/mol. The average molecular weight is 314 g/mol. The van der Waals surface area contributed by atoms with Gasteiger partial charge in [0.05, 0.1) is 24.4 Å². The maximum atomic E-state index is 12.6. The molecular formula is C17H22N4O2. The Morgan fingerprint density at radius 2 is 2.22 bits per heavy atom. The van der Waals surface area contributed by atoms with Crippen LogP contribution in [0.15, 0.2) is 30.7 Å². The molecule has 1 amide bonds. The highest BCUT2D eigenvalue weighted by atomic mass is 16.5. The molecule has 6 heteroatoms. The van der Waals surface area contributed by atoms with Crippen LogP contribution in [-0.4, -0.2) is 52.1 Å². The summed E-state index contributed by atoms with van der Waals surface area (Å²) in [6.45, 7) is 2.19. The first-order chi connectivity index (χ1) is 11.2. The number of rotatable bonds is 3. The molecule has 1 aliphatic carbocycles. The molecule has 1 N–H and O–H groups in total. The Bertz CT molecular complexity index is 598. The lowest BCUT2D eigenvalue weighted by atomic mass is 9.97. The summed E-state index contributed by atoms with van der Waals surface area (Å²) in [7, 11) is 0. The van der Waals surface area contributed by atoms with Gasteiger partial charge in [-0.15, -0.1) is 0 Å². The van der Waals surface area contributed by atoms with Gasteiger partial charge in [-0.25, -0.2) is 4.98 Å². The van der Waals surface area contributed by atoms with Crippen LogP contribution < -0.4 is 5.32 Å². The summed E-state index contributed by atoms with van der Waals surface area (Å²) in [6, 6.07) is 0.231. The first-order valence-electron chi connectivity index (χ1n) is 8.34. The molecule has 1 aromatic heterocycles. The number of hydrogen-bond donors (Lipinski definition) is 1. The molecule has 2 saturated heterocycles. The summed E-state index contributed by atoms with van der Waals surface area (Å²) in [5.74, 6) is 1.22. The molecule has 1 spiro atoms. The Balaban J connectivity index is 1.35. The van der Waals surface area contributed by atoms with Gasteiger partial charge in [-0.3, -0.25) is 9.78 Å². The molecule has 1 aromatic rings. The molecular weight excluding hydrogens is 292 g/mol. The minimum absolute atomic E-state index is 0.153. The second-order valence-corrected chi connectivity index (χ2v) is 6.78. The molecule has 2 atom stereocenters. The van der Waals surface area contributed by atoms with Crippen LogP contribution in [0.25, 0.3) is 0 Å². The van der Waals surface area contributed by atoms with E-state index in [9.17, 15) is 4.79 Å². The van der Waals surface area contributed by atoms with E-state index in [2.05, 4.69) is 27.4 Å². The number of amides is 1. The Kier molecular flexibility index (Phi) is 3.77. The van der Waals surface area contributed by atoms with E-state index < -0.39 is 0 Å². The minimum atomic E-state index is -0.179. The molecule has 3 heterocycles. The van der Waals surface area contributed by atoms with E-state index >= 15 is 0 Å². The van der Waals surface area contributed by atoms with Crippen LogP contribution in [0.2, 0.25) is 0 Å². The highest BCUT2D eigenvalue weighted by Gasteiger charge is 2.47. The van der Waals surface area contributed by atoms with E-state index in [1.807, 2.05) is 4.90 Å². The number of aromatic nitrogens is 2. The van der Waals surface area contributed by atoms with Gasteiger partial charge in [0.1, 0.15) is 5.82 Å². The molecule has 0 radical (unpaired) electrons. The third kappa shape index (κ3) is 2.95. The van der Waals surface area contributed by atoms with Crippen molar-refractivity contribution < 1.29 is 9.53 Å². The van der Waals surface area contributed by atoms with Gasteiger partial charge in [0.15, 0.2) is 0 Å². The second kappa shape index (κ2) is 5.92. The Labute approximate surface area is 135 Å². The molecule has 2 aliphatic heterocycles. The van der Waals surface area contributed by atoms with Crippen LogP contribution >= 0.6 is 0 Å². The highest BCUT2D eigenvalue weighted by molar-refractivity contribution is 5.80. The standard InChI is InChI=1S/C17H22N4O2/c22-16(13-3-1-2-4-13)21-8-5-17(12-21)9-14(11-23-17)20-15-10-18-6-7-19-15/h1-2,6-7,10,13-14H,3-5,8-9,11-12H2,(H,19,20). The van der Waals surface area contributed by atoms with E-state index in [1.54, 1.807) is 18.6 Å². The van der Waals surface area contributed by atoms with E-state index in [0.29, 0.717) is 12.5 Å². The quantitative estimate of drug-likeness (QED) is 0.859. The monoisotopic (exact) mass is 314 g/mol. The fourth-order valence-corrected chi connectivity index (χ4v) is 3.91. The van der Waals surface area contributed by atoms with Gasteiger partial charge >= 0.3 is 0 Å². The van der Waals surface area contributed by atoms with Crippen molar-refractivity contribution in [3.05, 3.63) is 30.7 Å². The van der Waals surface area contributed by atoms with Gasteiger partial charge < -0.3 is 15.0 Å². The predicted octanol–water partition coefficient (Wildman–Crippen LogP) is 1.61. The summed E-state index contributed by atoms with van der Waals surface area (Å²) >= 11 is 0. The smallest absolute Gasteiger partial charge is 0.226 e.